The van der Waals surface area contributed by atoms with Crippen molar-refractivity contribution >= 4 is 27.5 Å². The van der Waals surface area contributed by atoms with E-state index >= 15 is 0 Å². The molecule has 0 aromatic heterocycles. The first-order chi connectivity index (χ1) is 7.55. The highest BCUT2D eigenvalue weighted by Crippen LogP contribution is 2.34. The van der Waals surface area contributed by atoms with Crippen molar-refractivity contribution in [3.63, 3.8) is 0 Å². The van der Waals surface area contributed by atoms with Gasteiger partial charge in [0.15, 0.2) is 0 Å². The SMILES string of the molecule is N#Cc1ccc(NC(=O)C2(N)CC2)c(Br)c1. The van der Waals surface area contributed by atoms with Crippen molar-refractivity contribution in [2.75, 3.05) is 5.32 Å². The van der Waals surface area contributed by atoms with Crippen LogP contribution in [-0.4, -0.2) is 11.4 Å². The van der Waals surface area contributed by atoms with Gasteiger partial charge in [0.05, 0.1) is 22.9 Å². The van der Waals surface area contributed by atoms with E-state index in [1.54, 1.807) is 18.2 Å². The zero-order valence-corrected chi connectivity index (χ0v) is 10.0. The molecule has 1 aliphatic rings. The number of rotatable bonds is 2. The minimum absolute atomic E-state index is 0.169. The number of hydrogen-bond acceptors (Lipinski definition) is 3. The van der Waals surface area contributed by atoms with Crippen molar-refractivity contribution < 1.29 is 4.79 Å². The fourth-order valence-electron chi connectivity index (χ4n) is 1.29. The van der Waals surface area contributed by atoms with Crippen LogP contribution in [0, 0.1) is 11.3 Å². The molecule has 0 aliphatic heterocycles. The maximum Gasteiger partial charge on any atom is 0.244 e. The summed E-state index contributed by atoms with van der Waals surface area (Å²) in [5.41, 5.74) is 6.26. The van der Waals surface area contributed by atoms with Gasteiger partial charge in [-0.25, -0.2) is 0 Å². The Kier molecular flexibility index (Phi) is 2.70. The number of anilines is 1. The van der Waals surface area contributed by atoms with Crippen LogP contribution in [0.5, 0.6) is 0 Å². The molecule has 4 nitrogen and oxygen atoms in total. The molecule has 1 amide bonds. The Morgan fingerprint density at radius 2 is 2.25 bits per heavy atom. The highest BCUT2D eigenvalue weighted by Gasteiger charge is 2.46. The van der Waals surface area contributed by atoms with E-state index in [0.717, 1.165) is 12.8 Å². The number of nitriles is 1. The summed E-state index contributed by atoms with van der Waals surface area (Å²) in [6, 6.07) is 7.02. The topological polar surface area (TPSA) is 78.9 Å². The molecule has 0 atom stereocenters. The van der Waals surface area contributed by atoms with Crippen molar-refractivity contribution in [1.29, 1.82) is 5.26 Å². The molecule has 1 fully saturated rings. The average molecular weight is 280 g/mol. The molecule has 5 heteroatoms. The van der Waals surface area contributed by atoms with E-state index in [1.807, 2.05) is 6.07 Å². The van der Waals surface area contributed by atoms with Crippen LogP contribution in [0.1, 0.15) is 18.4 Å². The van der Waals surface area contributed by atoms with Gasteiger partial charge in [0.1, 0.15) is 0 Å². The molecule has 2 rings (SSSR count). The zero-order chi connectivity index (χ0) is 11.8. The number of carbonyl (C=O) groups excluding carboxylic acids is 1. The molecule has 0 saturated heterocycles. The van der Waals surface area contributed by atoms with E-state index in [9.17, 15) is 4.79 Å². The summed E-state index contributed by atoms with van der Waals surface area (Å²) in [6.07, 6.45) is 1.46. The maximum absolute atomic E-state index is 11.7. The van der Waals surface area contributed by atoms with E-state index in [2.05, 4.69) is 21.2 Å². The molecular formula is C11H10BrN3O. The van der Waals surface area contributed by atoms with Crippen LogP contribution in [0.3, 0.4) is 0 Å². The third kappa shape index (κ3) is 2.08. The summed E-state index contributed by atoms with van der Waals surface area (Å²) in [5.74, 6) is -0.169. The molecule has 1 aromatic carbocycles. The van der Waals surface area contributed by atoms with Crippen molar-refractivity contribution in [3.05, 3.63) is 28.2 Å². The normalized spacial score (nSPS) is 16.3. The van der Waals surface area contributed by atoms with Gasteiger partial charge in [0, 0.05) is 4.47 Å². The molecule has 0 bridgehead atoms. The van der Waals surface area contributed by atoms with E-state index < -0.39 is 5.54 Å². The Morgan fingerprint density at radius 3 is 2.75 bits per heavy atom. The first kappa shape index (κ1) is 11.1. The van der Waals surface area contributed by atoms with Crippen molar-refractivity contribution in [1.82, 2.24) is 0 Å². The lowest BCUT2D eigenvalue weighted by Crippen LogP contribution is -2.37. The fourth-order valence-corrected chi connectivity index (χ4v) is 1.77. The van der Waals surface area contributed by atoms with Gasteiger partial charge in [-0.15, -0.1) is 0 Å². The van der Waals surface area contributed by atoms with Crippen molar-refractivity contribution in [3.8, 4) is 6.07 Å². The highest BCUT2D eigenvalue weighted by molar-refractivity contribution is 9.10. The molecule has 1 aromatic rings. The molecular weight excluding hydrogens is 270 g/mol. The minimum Gasteiger partial charge on any atom is -0.323 e. The lowest BCUT2D eigenvalue weighted by molar-refractivity contribution is -0.118. The Morgan fingerprint density at radius 1 is 1.56 bits per heavy atom. The van der Waals surface area contributed by atoms with Crippen molar-refractivity contribution in [2.24, 2.45) is 5.73 Å². The summed E-state index contributed by atoms with van der Waals surface area (Å²) >= 11 is 3.30. The monoisotopic (exact) mass is 279 g/mol. The molecule has 16 heavy (non-hydrogen) atoms. The number of nitrogens with zero attached hydrogens (tertiary/aromatic N) is 1. The molecule has 0 unspecified atom stereocenters. The number of nitrogens with one attached hydrogen (secondary N) is 1. The summed E-state index contributed by atoms with van der Waals surface area (Å²) in [5, 5.41) is 11.4. The highest BCUT2D eigenvalue weighted by atomic mass is 79.9. The summed E-state index contributed by atoms with van der Waals surface area (Å²) in [6.45, 7) is 0. The smallest absolute Gasteiger partial charge is 0.244 e. The molecule has 1 saturated carbocycles. The Labute approximate surface area is 102 Å². The van der Waals surface area contributed by atoms with Crippen LogP contribution in [0.4, 0.5) is 5.69 Å². The molecule has 0 radical (unpaired) electrons. The van der Waals surface area contributed by atoms with Crippen LogP contribution in [0.2, 0.25) is 0 Å². The fraction of sp³-hybridized carbons (Fsp3) is 0.273. The third-order valence-electron chi connectivity index (χ3n) is 2.59. The van der Waals surface area contributed by atoms with Crippen LogP contribution in [0.25, 0.3) is 0 Å². The second kappa shape index (κ2) is 3.89. The van der Waals surface area contributed by atoms with Gasteiger partial charge in [-0.3, -0.25) is 4.79 Å². The van der Waals surface area contributed by atoms with E-state index in [0.29, 0.717) is 15.7 Å². The Balaban J connectivity index is 2.16. The lowest BCUT2D eigenvalue weighted by atomic mass is 10.2. The van der Waals surface area contributed by atoms with Crippen LogP contribution in [0.15, 0.2) is 22.7 Å². The molecule has 0 spiro atoms. The van der Waals surface area contributed by atoms with Gasteiger partial charge in [0.25, 0.3) is 0 Å². The Hall–Kier alpha value is -1.38. The van der Waals surface area contributed by atoms with E-state index in [4.69, 9.17) is 11.0 Å². The summed E-state index contributed by atoms with van der Waals surface area (Å²) in [7, 11) is 0. The third-order valence-corrected chi connectivity index (χ3v) is 3.24. The van der Waals surface area contributed by atoms with Gasteiger partial charge < -0.3 is 11.1 Å². The standard InChI is InChI=1S/C11H10BrN3O/c12-8-5-7(6-13)1-2-9(8)15-10(16)11(14)3-4-11/h1-2,5H,3-4,14H2,(H,15,16). The first-order valence-electron chi connectivity index (χ1n) is 4.85. The largest absolute Gasteiger partial charge is 0.323 e. The predicted octanol–water partition coefficient (Wildman–Crippen LogP) is 1.75. The van der Waals surface area contributed by atoms with Crippen LogP contribution < -0.4 is 11.1 Å². The van der Waals surface area contributed by atoms with Crippen LogP contribution in [-0.2, 0) is 4.79 Å². The number of nitrogens with two attached hydrogens (primary N) is 1. The predicted molar refractivity (Wildman–Crippen MR) is 63.6 cm³/mol. The number of carbonyl (C=O) groups is 1. The minimum atomic E-state index is -0.687. The molecule has 82 valence electrons. The van der Waals surface area contributed by atoms with Gasteiger partial charge >= 0.3 is 0 Å². The maximum atomic E-state index is 11.7. The van der Waals surface area contributed by atoms with Crippen LogP contribution >= 0.6 is 15.9 Å². The second-order valence-corrected chi connectivity index (χ2v) is 4.77. The van der Waals surface area contributed by atoms with Gasteiger partial charge in [-0.05, 0) is 47.0 Å². The first-order valence-corrected chi connectivity index (χ1v) is 5.64. The van der Waals surface area contributed by atoms with Gasteiger partial charge in [-0.1, -0.05) is 0 Å². The van der Waals surface area contributed by atoms with Gasteiger partial charge in [0.2, 0.25) is 5.91 Å². The molecule has 3 N–H and O–H groups in total. The lowest BCUT2D eigenvalue weighted by Gasteiger charge is -2.11. The number of benzene rings is 1. The van der Waals surface area contributed by atoms with Gasteiger partial charge in [-0.2, -0.15) is 5.26 Å². The quantitative estimate of drug-likeness (QED) is 0.866. The summed E-state index contributed by atoms with van der Waals surface area (Å²) in [4.78, 5) is 11.7. The molecule has 1 aliphatic carbocycles. The Bertz CT molecular complexity index is 488. The van der Waals surface area contributed by atoms with Crippen molar-refractivity contribution in [2.45, 2.75) is 18.4 Å². The zero-order valence-electron chi connectivity index (χ0n) is 8.46. The average Bonchev–Trinajstić information content (AvgIpc) is 3.01. The number of amides is 1. The molecule has 0 heterocycles. The number of hydrogen-bond donors (Lipinski definition) is 2. The van der Waals surface area contributed by atoms with E-state index in [-0.39, 0.29) is 5.91 Å². The van der Waals surface area contributed by atoms with E-state index in [1.165, 1.54) is 0 Å². The summed E-state index contributed by atoms with van der Waals surface area (Å²) < 4.78 is 0.684. The number of halogens is 1. The second-order valence-electron chi connectivity index (χ2n) is 3.92.